The van der Waals surface area contributed by atoms with Gasteiger partial charge in [-0.15, -0.1) is 0 Å². The molecule has 108 valence electrons. The third-order valence-electron chi connectivity index (χ3n) is 6.01. The Morgan fingerprint density at radius 2 is 2.11 bits per heavy atom. The third-order valence-corrected chi connectivity index (χ3v) is 6.01. The van der Waals surface area contributed by atoms with E-state index < -0.39 is 24.2 Å². The van der Waals surface area contributed by atoms with Crippen LogP contribution < -0.4 is 5.32 Å². The molecular formula is C13H18F3NO2. The van der Waals surface area contributed by atoms with Gasteiger partial charge in [-0.05, 0) is 25.2 Å². The van der Waals surface area contributed by atoms with Crippen molar-refractivity contribution in [1.82, 2.24) is 5.32 Å². The first-order valence-electron chi connectivity index (χ1n) is 6.64. The number of rotatable bonds is 2. The number of hydrogen-bond acceptors (Lipinski definition) is 2. The highest BCUT2D eigenvalue weighted by atomic mass is 19.4. The molecule has 0 aromatic rings. The Balaban J connectivity index is 1.84. The fourth-order valence-corrected chi connectivity index (χ4v) is 4.58. The van der Waals surface area contributed by atoms with Crippen LogP contribution in [-0.2, 0) is 9.53 Å². The van der Waals surface area contributed by atoms with Gasteiger partial charge in [0.05, 0.1) is 6.61 Å². The Hall–Kier alpha value is -0.780. The lowest BCUT2D eigenvalue weighted by atomic mass is 9.66. The molecule has 1 aliphatic heterocycles. The normalized spacial score (nSPS) is 47.7. The molecule has 4 bridgehead atoms. The summed E-state index contributed by atoms with van der Waals surface area (Å²) in [4.78, 5) is 12.3. The van der Waals surface area contributed by atoms with Gasteiger partial charge in [-0.25, -0.2) is 0 Å². The second-order valence-corrected chi connectivity index (χ2v) is 6.60. The Bertz CT molecular complexity index is 438. The zero-order chi connectivity index (χ0) is 14.1. The topological polar surface area (TPSA) is 38.3 Å². The van der Waals surface area contributed by atoms with E-state index in [-0.39, 0.29) is 10.8 Å². The molecule has 3 rings (SSSR count). The molecular weight excluding hydrogens is 259 g/mol. The summed E-state index contributed by atoms with van der Waals surface area (Å²) in [5, 5.41) is 2.02. The first-order valence-corrected chi connectivity index (χ1v) is 6.64. The van der Waals surface area contributed by atoms with Gasteiger partial charge in [0.2, 0.25) is 0 Å². The summed E-state index contributed by atoms with van der Waals surface area (Å²) in [5.41, 5.74) is -1.45. The molecule has 4 atom stereocenters. The molecule has 3 nitrogen and oxygen atoms in total. The van der Waals surface area contributed by atoms with E-state index in [2.05, 4.69) is 6.92 Å². The van der Waals surface area contributed by atoms with Gasteiger partial charge in [0.1, 0.15) is 6.54 Å². The van der Waals surface area contributed by atoms with Crippen molar-refractivity contribution in [3.63, 3.8) is 0 Å². The monoisotopic (exact) mass is 277 g/mol. The smallest absolute Gasteiger partial charge is 0.364 e. The third kappa shape index (κ3) is 1.41. The van der Waals surface area contributed by atoms with Gasteiger partial charge in [0.15, 0.2) is 5.60 Å². The number of hydrogen-bond donors (Lipinski definition) is 1. The molecule has 2 aliphatic carbocycles. The number of nitrogens with one attached hydrogen (secondary N) is 1. The van der Waals surface area contributed by atoms with E-state index in [1.54, 1.807) is 0 Å². The van der Waals surface area contributed by atoms with Crippen molar-refractivity contribution < 1.29 is 22.7 Å². The van der Waals surface area contributed by atoms with Crippen LogP contribution in [0.15, 0.2) is 0 Å². The lowest BCUT2D eigenvalue weighted by Gasteiger charge is -2.40. The molecule has 1 saturated heterocycles. The predicted molar refractivity (Wildman–Crippen MR) is 61.3 cm³/mol. The summed E-state index contributed by atoms with van der Waals surface area (Å²) in [6, 6.07) is 0. The van der Waals surface area contributed by atoms with Gasteiger partial charge in [0, 0.05) is 10.8 Å². The minimum atomic E-state index is -4.38. The lowest BCUT2D eigenvalue weighted by Crippen LogP contribution is -2.56. The summed E-state index contributed by atoms with van der Waals surface area (Å²) in [6.45, 7) is 3.30. The standard InChI is InChI=1S/C13H18F3NO2/c1-10-7-19-12(9(18)17-6-13(14,15)16)5-8(10)3-4-11(10,12)2/h8H,3-7H2,1-2H3,(H,17,18)/t8-,10-,11-,12-/m0/s1. The molecule has 3 fully saturated rings. The van der Waals surface area contributed by atoms with E-state index in [0.717, 1.165) is 12.8 Å². The number of ether oxygens (including phenoxy) is 1. The van der Waals surface area contributed by atoms with Gasteiger partial charge in [-0.3, -0.25) is 4.79 Å². The molecule has 6 heteroatoms. The molecule has 3 aliphatic rings. The lowest BCUT2D eigenvalue weighted by molar-refractivity contribution is -0.163. The Morgan fingerprint density at radius 3 is 2.63 bits per heavy atom. The number of halogens is 3. The van der Waals surface area contributed by atoms with Crippen molar-refractivity contribution in [2.24, 2.45) is 16.7 Å². The van der Waals surface area contributed by atoms with E-state index >= 15 is 0 Å². The largest absolute Gasteiger partial charge is 0.405 e. The highest BCUT2D eigenvalue weighted by molar-refractivity contribution is 5.88. The maximum Gasteiger partial charge on any atom is 0.405 e. The van der Waals surface area contributed by atoms with Crippen LogP contribution in [0.1, 0.15) is 33.1 Å². The highest BCUT2D eigenvalue weighted by Crippen LogP contribution is 2.74. The Kier molecular flexibility index (Phi) is 2.40. The number of alkyl halides is 3. The average Bonchev–Trinajstić information content (AvgIpc) is 2.77. The van der Waals surface area contributed by atoms with Gasteiger partial charge < -0.3 is 10.1 Å². The van der Waals surface area contributed by atoms with Crippen LogP contribution in [0, 0.1) is 16.7 Å². The number of carbonyl (C=O) groups excluding carboxylic acids is 1. The molecule has 1 heterocycles. The van der Waals surface area contributed by atoms with Crippen LogP contribution in [0.5, 0.6) is 0 Å². The first-order chi connectivity index (χ1) is 8.65. The second kappa shape index (κ2) is 3.45. The predicted octanol–water partition coefficient (Wildman–Crippen LogP) is 2.26. The molecule has 0 spiro atoms. The Labute approximate surface area is 109 Å². The van der Waals surface area contributed by atoms with Crippen LogP contribution in [0.25, 0.3) is 0 Å². The summed E-state index contributed by atoms with van der Waals surface area (Å²) in [5.74, 6) is -0.193. The Morgan fingerprint density at radius 1 is 1.42 bits per heavy atom. The van der Waals surface area contributed by atoms with Gasteiger partial charge in [-0.2, -0.15) is 13.2 Å². The molecule has 19 heavy (non-hydrogen) atoms. The van der Waals surface area contributed by atoms with Gasteiger partial charge in [-0.1, -0.05) is 13.8 Å². The number of amides is 1. The van der Waals surface area contributed by atoms with E-state index in [1.165, 1.54) is 0 Å². The van der Waals surface area contributed by atoms with Crippen LogP contribution in [0.2, 0.25) is 0 Å². The van der Waals surface area contributed by atoms with E-state index in [4.69, 9.17) is 4.74 Å². The minimum absolute atomic E-state index is 0.0669. The van der Waals surface area contributed by atoms with Crippen LogP contribution in [0.3, 0.4) is 0 Å². The maximum absolute atomic E-state index is 12.3. The maximum atomic E-state index is 12.3. The molecule has 2 saturated carbocycles. The summed E-state index contributed by atoms with van der Waals surface area (Å²) < 4.78 is 42.5. The van der Waals surface area contributed by atoms with Crippen molar-refractivity contribution in [3.05, 3.63) is 0 Å². The van der Waals surface area contributed by atoms with Crippen LogP contribution >= 0.6 is 0 Å². The molecule has 1 amide bonds. The van der Waals surface area contributed by atoms with Gasteiger partial charge in [0.25, 0.3) is 5.91 Å². The van der Waals surface area contributed by atoms with E-state index in [1.807, 2.05) is 12.2 Å². The van der Waals surface area contributed by atoms with Gasteiger partial charge >= 0.3 is 6.18 Å². The van der Waals surface area contributed by atoms with Crippen molar-refractivity contribution in [2.75, 3.05) is 13.2 Å². The van der Waals surface area contributed by atoms with Crippen LogP contribution in [0.4, 0.5) is 13.2 Å². The van der Waals surface area contributed by atoms with Crippen molar-refractivity contribution in [3.8, 4) is 0 Å². The quantitative estimate of drug-likeness (QED) is 0.841. The zero-order valence-electron chi connectivity index (χ0n) is 11.1. The number of carbonyl (C=O) groups is 1. The summed E-state index contributed by atoms with van der Waals surface area (Å²) in [7, 11) is 0. The zero-order valence-corrected chi connectivity index (χ0v) is 11.1. The van der Waals surface area contributed by atoms with Crippen LogP contribution in [-0.4, -0.2) is 30.8 Å². The second-order valence-electron chi connectivity index (χ2n) is 6.60. The average molecular weight is 277 g/mol. The van der Waals surface area contributed by atoms with Crippen molar-refractivity contribution >= 4 is 5.91 Å². The van der Waals surface area contributed by atoms with Crippen molar-refractivity contribution in [1.29, 1.82) is 0 Å². The molecule has 0 unspecified atom stereocenters. The highest BCUT2D eigenvalue weighted by Gasteiger charge is 2.78. The SMILES string of the molecule is C[C@@]12CC[C@H]3C[C@@]1(C(=O)NCC(F)(F)F)OC[C@@]32C. The summed E-state index contributed by atoms with van der Waals surface area (Å²) >= 11 is 0. The fourth-order valence-electron chi connectivity index (χ4n) is 4.58. The van der Waals surface area contributed by atoms with Crippen molar-refractivity contribution in [2.45, 2.75) is 44.9 Å². The minimum Gasteiger partial charge on any atom is -0.364 e. The molecule has 0 aromatic carbocycles. The molecule has 0 radical (unpaired) electrons. The summed E-state index contributed by atoms with van der Waals surface area (Å²) in [6.07, 6.45) is -1.92. The molecule has 1 N–H and O–H groups in total. The van der Waals surface area contributed by atoms with E-state index in [9.17, 15) is 18.0 Å². The first kappa shape index (κ1) is 13.2. The van der Waals surface area contributed by atoms with E-state index in [0.29, 0.717) is 18.9 Å². The molecule has 0 aromatic heterocycles. The fraction of sp³-hybridized carbons (Fsp3) is 0.923.